The molecule has 3 aromatic rings. The molecule has 1 amide bonds. The van der Waals surface area contributed by atoms with E-state index in [4.69, 9.17) is 0 Å². The summed E-state index contributed by atoms with van der Waals surface area (Å²) in [5.41, 5.74) is 3.10. The summed E-state index contributed by atoms with van der Waals surface area (Å²) in [6.45, 7) is 6.60. The van der Waals surface area contributed by atoms with Crippen molar-refractivity contribution in [2.24, 2.45) is 0 Å². The minimum absolute atomic E-state index is 0.0562. The quantitative estimate of drug-likeness (QED) is 0.618. The number of nitrogens with zero attached hydrogens (tertiary/aromatic N) is 4. The number of hydrogen-bond acceptors (Lipinski definition) is 4. The first-order valence-corrected chi connectivity index (χ1v) is 9.56. The second kappa shape index (κ2) is 8.19. The first-order valence-electron chi connectivity index (χ1n) is 8.58. The Morgan fingerprint density at radius 2 is 1.73 bits per heavy atom. The SMILES string of the molecule is CCN(C(=O)CSc1nnc(C)n1-c1ccccc1C)c1ccccc1. The Balaban J connectivity index is 1.79. The van der Waals surface area contributed by atoms with Crippen LogP contribution in [0.1, 0.15) is 18.3 Å². The van der Waals surface area contributed by atoms with Crippen molar-refractivity contribution in [3.63, 3.8) is 0 Å². The molecule has 0 spiro atoms. The number of carbonyl (C=O) groups excluding carboxylic acids is 1. The molecule has 1 aromatic heterocycles. The van der Waals surface area contributed by atoms with E-state index >= 15 is 0 Å². The molecule has 26 heavy (non-hydrogen) atoms. The predicted octanol–water partition coefficient (Wildman–Crippen LogP) is 4.03. The van der Waals surface area contributed by atoms with Gasteiger partial charge in [-0.2, -0.15) is 0 Å². The fourth-order valence-electron chi connectivity index (χ4n) is 2.84. The minimum atomic E-state index is 0.0562. The maximum Gasteiger partial charge on any atom is 0.237 e. The molecule has 3 rings (SSSR count). The fourth-order valence-corrected chi connectivity index (χ4v) is 3.71. The number of aromatic nitrogens is 3. The summed E-state index contributed by atoms with van der Waals surface area (Å²) in [6.07, 6.45) is 0. The van der Waals surface area contributed by atoms with E-state index in [-0.39, 0.29) is 5.91 Å². The van der Waals surface area contributed by atoms with Crippen molar-refractivity contribution in [1.29, 1.82) is 0 Å². The molecule has 0 radical (unpaired) electrons. The topological polar surface area (TPSA) is 51.0 Å². The largest absolute Gasteiger partial charge is 0.312 e. The molecule has 0 saturated heterocycles. The van der Waals surface area contributed by atoms with Crippen LogP contribution >= 0.6 is 11.8 Å². The lowest BCUT2D eigenvalue weighted by atomic mass is 10.2. The molecule has 1 heterocycles. The molecule has 0 N–H and O–H groups in total. The Labute approximate surface area is 158 Å². The molecule has 0 atom stereocenters. The van der Waals surface area contributed by atoms with E-state index in [2.05, 4.69) is 23.2 Å². The van der Waals surface area contributed by atoms with Gasteiger partial charge in [0.25, 0.3) is 0 Å². The molecule has 0 unspecified atom stereocenters. The number of amides is 1. The van der Waals surface area contributed by atoms with Crippen molar-refractivity contribution < 1.29 is 4.79 Å². The molecule has 0 aliphatic rings. The Bertz CT molecular complexity index is 892. The molecular formula is C20H22N4OS. The number of rotatable bonds is 6. The maximum absolute atomic E-state index is 12.7. The lowest BCUT2D eigenvalue weighted by Gasteiger charge is -2.20. The van der Waals surface area contributed by atoms with Gasteiger partial charge in [-0.15, -0.1) is 10.2 Å². The maximum atomic E-state index is 12.7. The van der Waals surface area contributed by atoms with Gasteiger partial charge in [-0.1, -0.05) is 48.2 Å². The Kier molecular flexibility index (Phi) is 5.73. The average molecular weight is 366 g/mol. The number of carbonyl (C=O) groups is 1. The van der Waals surface area contributed by atoms with Gasteiger partial charge in [0.05, 0.1) is 11.4 Å². The normalized spacial score (nSPS) is 10.7. The zero-order valence-corrected chi connectivity index (χ0v) is 16.0. The molecule has 5 nitrogen and oxygen atoms in total. The van der Waals surface area contributed by atoms with Crippen LogP contribution in [0.3, 0.4) is 0 Å². The average Bonchev–Trinajstić information content (AvgIpc) is 3.02. The molecular weight excluding hydrogens is 344 g/mol. The third-order valence-corrected chi connectivity index (χ3v) is 5.08. The molecule has 0 aliphatic carbocycles. The summed E-state index contributed by atoms with van der Waals surface area (Å²) in [4.78, 5) is 14.5. The molecule has 0 saturated carbocycles. The zero-order valence-electron chi connectivity index (χ0n) is 15.2. The van der Waals surface area contributed by atoms with Crippen molar-refractivity contribution in [3.05, 3.63) is 66.0 Å². The molecule has 2 aromatic carbocycles. The summed E-state index contributed by atoms with van der Waals surface area (Å²) >= 11 is 1.42. The number of thioether (sulfide) groups is 1. The van der Waals surface area contributed by atoms with Crippen LogP contribution in [0.4, 0.5) is 5.69 Å². The lowest BCUT2D eigenvalue weighted by Crippen LogP contribution is -2.32. The fraction of sp³-hybridized carbons (Fsp3) is 0.250. The summed E-state index contributed by atoms with van der Waals surface area (Å²) in [5.74, 6) is 1.18. The molecule has 134 valence electrons. The summed E-state index contributed by atoms with van der Waals surface area (Å²) in [7, 11) is 0. The van der Waals surface area contributed by atoms with Crippen LogP contribution in [0.5, 0.6) is 0 Å². The second-order valence-corrected chi connectivity index (χ2v) is 6.86. The van der Waals surface area contributed by atoms with Gasteiger partial charge >= 0.3 is 0 Å². The van der Waals surface area contributed by atoms with E-state index in [1.807, 2.05) is 66.9 Å². The third kappa shape index (κ3) is 3.80. The van der Waals surface area contributed by atoms with Crippen LogP contribution in [0.25, 0.3) is 5.69 Å². The van der Waals surface area contributed by atoms with Crippen molar-refractivity contribution in [1.82, 2.24) is 14.8 Å². The highest BCUT2D eigenvalue weighted by Crippen LogP contribution is 2.25. The number of aryl methyl sites for hydroxylation is 2. The molecule has 0 bridgehead atoms. The van der Waals surface area contributed by atoms with E-state index < -0.39 is 0 Å². The van der Waals surface area contributed by atoms with Crippen molar-refractivity contribution in [3.8, 4) is 5.69 Å². The monoisotopic (exact) mass is 366 g/mol. The first-order chi connectivity index (χ1) is 12.6. The van der Waals surface area contributed by atoms with E-state index in [1.165, 1.54) is 11.8 Å². The summed E-state index contributed by atoms with van der Waals surface area (Å²) in [6, 6.07) is 17.8. The van der Waals surface area contributed by atoms with Gasteiger partial charge < -0.3 is 4.90 Å². The number of benzene rings is 2. The van der Waals surface area contributed by atoms with Gasteiger partial charge in [0.1, 0.15) is 5.82 Å². The lowest BCUT2D eigenvalue weighted by molar-refractivity contribution is -0.116. The Morgan fingerprint density at radius 1 is 1.04 bits per heavy atom. The molecule has 6 heteroatoms. The van der Waals surface area contributed by atoms with Crippen molar-refractivity contribution in [2.75, 3.05) is 17.2 Å². The van der Waals surface area contributed by atoms with Crippen LogP contribution in [-0.4, -0.2) is 33.0 Å². The Hall–Kier alpha value is -2.60. The van der Waals surface area contributed by atoms with Gasteiger partial charge in [0.15, 0.2) is 5.16 Å². The van der Waals surface area contributed by atoms with Gasteiger partial charge in [0.2, 0.25) is 5.91 Å². The summed E-state index contributed by atoms with van der Waals surface area (Å²) < 4.78 is 2.01. The van der Waals surface area contributed by atoms with Crippen LogP contribution in [-0.2, 0) is 4.79 Å². The third-order valence-electron chi connectivity index (χ3n) is 4.16. The van der Waals surface area contributed by atoms with Crippen LogP contribution in [0.15, 0.2) is 59.8 Å². The van der Waals surface area contributed by atoms with E-state index in [0.717, 1.165) is 27.9 Å². The van der Waals surface area contributed by atoms with E-state index in [1.54, 1.807) is 4.90 Å². The van der Waals surface area contributed by atoms with Crippen molar-refractivity contribution >= 4 is 23.4 Å². The highest BCUT2D eigenvalue weighted by molar-refractivity contribution is 7.99. The van der Waals surface area contributed by atoms with Crippen LogP contribution in [0.2, 0.25) is 0 Å². The first kappa shape index (κ1) is 18.2. The number of para-hydroxylation sites is 2. The molecule has 0 aliphatic heterocycles. The van der Waals surface area contributed by atoms with Crippen molar-refractivity contribution in [2.45, 2.75) is 25.9 Å². The smallest absolute Gasteiger partial charge is 0.237 e. The second-order valence-electron chi connectivity index (χ2n) is 5.91. The van der Waals surface area contributed by atoms with Crippen LogP contribution in [0, 0.1) is 13.8 Å². The number of anilines is 1. The number of hydrogen-bond donors (Lipinski definition) is 0. The van der Waals surface area contributed by atoms with Gasteiger partial charge in [0, 0.05) is 12.2 Å². The van der Waals surface area contributed by atoms with Gasteiger partial charge in [-0.05, 0) is 44.5 Å². The van der Waals surface area contributed by atoms with Gasteiger partial charge in [-0.25, -0.2) is 0 Å². The predicted molar refractivity (Wildman–Crippen MR) is 106 cm³/mol. The zero-order chi connectivity index (χ0) is 18.5. The van der Waals surface area contributed by atoms with E-state index in [9.17, 15) is 4.79 Å². The summed E-state index contributed by atoms with van der Waals surface area (Å²) in [5, 5.41) is 9.20. The minimum Gasteiger partial charge on any atom is -0.312 e. The molecule has 0 fully saturated rings. The highest BCUT2D eigenvalue weighted by atomic mass is 32.2. The van der Waals surface area contributed by atoms with Gasteiger partial charge in [-0.3, -0.25) is 9.36 Å². The highest BCUT2D eigenvalue weighted by Gasteiger charge is 2.18. The van der Waals surface area contributed by atoms with E-state index in [0.29, 0.717) is 12.3 Å². The Morgan fingerprint density at radius 3 is 2.42 bits per heavy atom. The van der Waals surface area contributed by atoms with Crippen LogP contribution < -0.4 is 4.90 Å². The standard InChI is InChI=1S/C20H22N4OS/c1-4-23(17-11-6-5-7-12-17)19(25)14-26-20-22-21-16(3)24(20)18-13-9-8-10-15(18)2/h5-13H,4,14H2,1-3H3.